The largest absolute Gasteiger partial charge is 0.370 e. The van der Waals surface area contributed by atoms with Crippen LogP contribution >= 0.6 is 0 Å². The van der Waals surface area contributed by atoms with Gasteiger partial charge in [0.15, 0.2) is 0 Å². The second kappa shape index (κ2) is 4.08. The highest BCUT2D eigenvalue weighted by molar-refractivity contribution is 6.08. The molecular formula is C13H15N3O2. The first-order valence-electron chi connectivity index (χ1n) is 6.25. The number of pyridine rings is 1. The number of likely N-dealkylation sites (tertiary alicyclic amines) is 1. The molecule has 1 aliphatic carbocycles. The number of carbonyl (C=O) groups is 2. The third kappa shape index (κ3) is 1.75. The number of nitrogens with zero attached hydrogens (tertiary/aromatic N) is 2. The summed E-state index contributed by atoms with van der Waals surface area (Å²) >= 11 is 0. The van der Waals surface area contributed by atoms with Gasteiger partial charge in [-0.3, -0.25) is 14.5 Å². The maximum Gasteiger partial charge on any atom is 0.233 e. The summed E-state index contributed by atoms with van der Waals surface area (Å²) in [6, 6.07) is 5.59. The summed E-state index contributed by atoms with van der Waals surface area (Å²) in [5.74, 6) is 0.657. The maximum atomic E-state index is 11.8. The van der Waals surface area contributed by atoms with Crippen LogP contribution in [-0.2, 0) is 16.1 Å². The molecule has 2 heterocycles. The number of nitrogens with one attached hydrogen (secondary N) is 1. The molecule has 0 radical (unpaired) electrons. The predicted octanol–water partition coefficient (Wildman–Crippen LogP) is 1.02. The third-order valence-corrected chi connectivity index (χ3v) is 3.44. The van der Waals surface area contributed by atoms with Crippen LogP contribution in [0.25, 0.3) is 0 Å². The average Bonchev–Trinajstić information content (AvgIpc) is 3.11. The highest BCUT2D eigenvalue weighted by Crippen LogP contribution is 2.47. The van der Waals surface area contributed by atoms with Gasteiger partial charge in [-0.2, -0.15) is 0 Å². The van der Waals surface area contributed by atoms with E-state index >= 15 is 0 Å². The smallest absolute Gasteiger partial charge is 0.233 e. The van der Waals surface area contributed by atoms with Gasteiger partial charge in [0.05, 0.1) is 24.1 Å². The minimum absolute atomic E-state index is 0.0272. The Balaban J connectivity index is 1.74. The Bertz CT molecular complexity index is 495. The van der Waals surface area contributed by atoms with Gasteiger partial charge in [-0.15, -0.1) is 0 Å². The Kier molecular flexibility index (Phi) is 2.54. The zero-order valence-corrected chi connectivity index (χ0v) is 10.2. The molecule has 0 aromatic carbocycles. The van der Waals surface area contributed by atoms with Crippen molar-refractivity contribution in [2.45, 2.75) is 19.9 Å². The molecule has 94 valence electrons. The SMILES string of the molecule is CCNc1cccc(CN2C(=O)C3CC3C2=O)n1. The molecule has 1 saturated carbocycles. The molecule has 1 aromatic heterocycles. The Morgan fingerprint density at radius 3 is 2.72 bits per heavy atom. The second-order valence-electron chi connectivity index (χ2n) is 4.76. The summed E-state index contributed by atoms with van der Waals surface area (Å²) in [6.07, 6.45) is 0.749. The summed E-state index contributed by atoms with van der Waals surface area (Å²) in [4.78, 5) is 29.4. The van der Waals surface area contributed by atoms with E-state index in [1.807, 2.05) is 25.1 Å². The van der Waals surface area contributed by atoms with Crippen LogP contribution in [0.1, 0.15) is 19.0 Å². The monoisotopic (exact) mass is 245 g/mol. The molecule has 0 spiro atoms. The van der Waals surface area contributed by atoms with Crippen molar-refractivity contribution in [3.05, 3.63) is 23.9 Å². The number of anilines is 1. The van der Waals surface area contributed by atoms with E-state index in [1.165, 1.54) is 4.90 Å². The van der Waals surface area contributed by atoms with Gasteiger partial charge >= 0.3 is 0 Å². The lowest BCUT2D eigenvalue weighted by molar-refractivity contribution is -0.142. The van der Waals surface area contributed by atoms with Crippen LogP contribution in [0, 0.1) is 11.8 Å². The lowest BCUT2D eigenvalue weighted by Gasteiger charge is -2.16. The van der Waals surface area contributed by atoms with Crippen LogP contribution in [-0.4, -0.2) is 28.2 Å². The van der Waals surface area contributed by atoms with Gasteiger partial charge in [0, 0.05) is 6.54 Å². The number of aromatic nitrogens is 1. The van der Waals surface area contributed by atoms with E-state index in [0.717, 1.165) is 24.5 Å². The second-order valence-corrected chi connectivity index (χ2v) is 4.76. The van der Waals surface area contributed by atoms with E-state index in [0.29, 0.717) is 6.54 Å². The van der Waals surface area contributed by atoms with Gasteiger partial charge in [0.2, 0.25) is 11.8 Å². The van der Waals surface area contributed by atoms with Crippen LogP contribution in [0.2, 0.25) is 0 Å². The molecule has 5 heteroatoms. The molecule has 5 nitrogen and oxygen atoms in total. The fourth-order valence-corrected chi connectivity index (χ4v) is 2.41. The number of hydrogen-bond acceptors (Lipinski definition) is 4. The normalized spacial score (nSPS) is 25.3. The number of rotatable bonds is 4. The first kappa shape index (κ1) is 11.2. The minimum Gasteiger partial charge on any atom is -0.370 e. The molecule has 3 rings (SSSR count). The molecule has 2 atom stereocenters. The van der Waals surface area contributed by atoms with E-state index in [1.54, 1.807) is 0 Å². The number of hydrogen-bond donors (Lipinski definition) is 1. The number of imide groups is 1. The molecule has 18 heavy (non-hydrogen) atoms. The molecule has 2 unspecified atom stereocenters. The lowest BCUT2D eigenvalue weighted by atomic mass is 10.3. The number of piperidine rings is 1. The number of carbonyl (C=O) groups excluding carboxylic acids is 2. The minimum atomic E-state index is -0.0329. The quantitative estimate of drug-likeness (QED) is 0.804. The highest BCUT2D eigenvalue weighted by Gasteiger charge is 2.58. The van der Waals surface area contributed by atoms with Gasteiger partial charge in [0.1, 0.15) is 5.82 Å². The van der Waals surface area contributed by atoms with Gasteiger partial charge in [0.25, 0.3) is 0 Å². The molecule has 1 N–H and O–H groups in total. The van der Waals surface area contributed by atoms with E-state index in [4.69, 9.17) is 0 Å². The molecule has 1 aliphatic heterocycles. The summed E-state index contributed by atoms with van der Waals surface area (Å²) in [5.41, 5.74) is 0.747. The topological polar surface area (TPSA) is 62.3 Å². The van der Waals surface area contributed by atoms with Crippen LogP contribution in [0.3, 0.4) is 0 Å². The molecule has 1 saturated heterocycles. The summed E-state index contributed by atoms with van der Waals surface area (Å²) in [7, 11) is 0. The van der Waals surface area contributed by atoms with E-state index in [2.05, 4.69) is 10.3 Å². The lowest BCUT2D eigenvalue weighted by Crippen LogP contribution is -2.32. The van der Waals surface area contributed by atoms with E-state index in [-0.39, 0.29) is 23.7 Å². The first-order chi connectivity index (χ1) is 8.70. The first-order valence-corrected chi connectivity index (χ1v) is 6.25. The summed E-state index contributed by atoms with van der Waals surface area (Å²) < 4.78 is 0. The zero-order chi connectivity index (χ0) is 12.7. The third-order valence-electron chi connectivity index (χ3n) is 3.44. The molecule has 1 aromatic rings. The Morgan fingerprint density at radius 2 is 2.06 bits per heavy atom. The average molecular weight is 245 g/mol. The zero-order valence-electron chi connectivity index (χ0n) is 10.2. The fraction of sp³-hybridized carbons (Fsp3) is 0.462. The maximum absolute atomic E-state index is 11.8. The molecule has 2 amide bonds. The predicted molar refractivity (Wildman–Crippen MR) is 65.6 cm³/mol. The summed E-state index contributed by atoms with van der Waals surface area (Å²) in [6.45, 7) is 3.08. The van der Waals surface area contributed by atoms with Gasteiger partial charge in [-0.1, -0.05) is 6.07 Å². The van der Waals surface area contributed by atoms with Crippen LogP contribution in [0.5, 0.6) is 0 Å². The van der Waals surface area contributed by atoms with Crippen molar-refractivity contribution in [1.29, 1.82) is 0 Å². The van der Waals surface area contributed by atoms with Crippen molar-refractivity contribution < 1.29 is 9.59 Å². The van der Waals surface area contributed by atoms with Crippen LogP contribution in [0.15, 0.2) is 18.2 Å². The molecule has 2 fully saturated rings. The van der Waals surface area contributed by atoms with Gasteiger partial charge in [-0.05, 0) is 25.5 Å². The van der Waals surface area contributed by atoms with E-state index in [9.17, 15) is 9.59 Å². The number of amides is 2. The fourth-order valence-electron chi connectivity index (χ4n) is 2.41. The molecule has 2 aliphatic rings. The van der Waals surface area contributed by atoms with Crippen molar-refractivity contribution in [2.75, 3.05) is 11.9 Å². The van der Waals surface area contributed by atoms with Crippen LogP contribution < -0.4 is 5.32 Å². The van der Waals surface area contributed by atoms with Crippen molar-refractivity contribution in [3.63, 3.8) is 0 Å². The Morgan fingerprint density at radius 1 is 1.33 bits per heavy atom. The Hall–Kier alpha value is -1.91. The van der Waals surface area contributed by atoms with Crippen molar-refractivity contribution in [3.8, 4) is 0 Å². The van der Waals surface area contributed by atoms with Gasteiger partial charge < -0.3 is 5.32 Å². The molecule has 0 bridgehead atoms. The van der Waals surface area contributed by atoms with Crippen molar-refractivity contribution in [2.24, 2.45) is 11.8 Å². The Labute approximate surface area is 105 Å². The van der Waals surface area contributed by atoms with Crippen molar-refractivity contribution in [1.82, 2.24) is 9.88 Å². The molecular weight excluding hydrogens is 230 g/mol. The standard InChI is InChI=1S/C13H15N3O2/c1-2-14-11-5-3-4-8(15-11)7-16-12(17)9-6-10(9)13(16)18/h3-5,9-10H,2,6-7H2,1H3,(H,14,15). The van der Waals surface area contributed by atoms with E-state index < -0.39 is 0 Å². The highest BCUT2D eigenvalue weighted by atomic mass is 16.2. The summed E-state index contributed by atoms with van der Waals surface area (Å²) in [5, 5.41) is 3.11. The van der Waals surface area contributed by atoms with Crippen LogP contribution in [0.4, 0.5) is 5.82 Å². The number of fused-ring (bicyclic) bond motifs is 1. The van der Waals surface area contributed by atoms with Crippen molar-refractivity contribution >= 4 is 17.6 Å². The van der Waals surface area contributed by atoms with Gasteiger partial charge in [-0.25, -0.2) is 4.98 Å².